The van der Waals surface area contributed by atoms with Gasteiger partial charge in [-0.1, -0.05) is 18.2 Å². The number of rotatable bonds is 5. The Labute approximate surface area is 104 Å². The molecule has 2 heteroatoms. The number of para-hydroxylation sites is 1. The lowest BCUT2D eigenvalue weighted by molar-refractivity contribution is 0.385. The SMILES string of the molecule is N=CCCCC1CCCN(c2ccccc2)C1. The number of piperidine rings is 1. The van der Waals surface area contributed by atoms with Crippen LogP contribution in [0.2, 0.25) is 0 Å². The number of hydrogen-bond donors (Lipinski definition) is 1. The number of anilines is 1. The third kappa shape index (κ3) is 3.58. The third-order valence-corrected chi connectivity index (χ3v) is 3.60. The molecule has 17 heavy (non-hydrogen) atoms. The molecule has 0 aromatic heterocycles. The summed E-state index contributed by atoms with van der Waals surface area (Å²) in [5, 5.41) is 7.06. The highest BCUT2D eigenvalue weighted by molar-refractivity contribution is 5.52. The van der Waals surface area contributed by atoms with Crippen molar-refractivity contribution in [3.8, 4) is 0 Å². The van der Waals surface area contributed by atoms with E-state index < -0.39 is 0 Å². The first-order chi connectivity index (χ1) is 8.40. The van der Waals surface area contributed by atoms with Crippen LogP contribution in [0.1, 0.15) is 32.1 Å². The molecule has 0 radical (unpaired) electrons. The normalized spacial score (nSPS) is 20.2. The van der Waals surface area contributed by atoms with Crippen LogP contribution in [0.3, 0.4) is 0 Å². The minimum absolute atomic E-state index is 0.823. The zero-order chi connectivity index (χ0) is 11.9. The van der Waals surface area contributed by atoms with Gasteiger partial charge in [0, 0.05) is 18.8 Å². The highest BCUT2D eigenvalue weighted by Gasteiger charge is 2.19. The van der Waals surface area contributed by atoms with E-state index in [-0.39, 0.29) is 0 Å². The van der Waals surface area contributed by atoms with E-state index in [0.29, 0.717) is 0 Å². The molecule has 1 aliphatic rings. The second-order valence-corrected chi connectivity index (χ2v) is 4.92. The third-order valence-electron chi connectivity index (χ3n) is 3.60. The first-order valence-corrected chi connectivity index (χ1v) is 6.69. The molecule has 2 nitrogen and oxygen atoms in total. The Morgan fingerprint density at radius 2 is 2.12 bits per heavy atom. The lowest BCUT2D eigenvalue weighted by atomic mass is 9.92. The zero-order valence-electron chi connectivity index (χ0n) is 10.4. The Balaban J connectivity index is 1.86. The molecule has 2 rings (SSSR count). The van der Waals surface area contributed by atoms with Crippen molar-refractivity contribution in [2.45, 2.75) is 32.1 Å². The van der Waals surface area contributed by atoms with E-state index in [4.69, 9.17) is 5.41 Å². The van der Waals surface area contributed by atoms with Crippen LogP contribution in [-0.4, -0.2) is 19.3 Å². The van der Waals surface area contributed by atoms with Gasteiger partial charge in [-0.05, 0) is 56.4 Å². The van der Waals surface area contributed by atoms with Crippen LogP contribution < -0.4 is 4.90 Å². The van der Waals surface area contributed by atoms with Crippen LogP contribution in [-0.2, 0) is 0 Å². The summed E-state index contributed by atoms with van der Waals surface area (Å²) in [6.45, 7) is 2.40. The number of benzene rings is 1. The summed E-state index contributed by atoms with van der Waals surface area (Å²) in [5.41, 5.74) is 1.37. The van der Waals surface area contributed by atoms with Crippen molar-refractivity contribution < 1.29 is 0 Å². The predicted molar refractivity (Wildman–Crippen MR) is 74.0 cm³/mol. The van der Waals surface area contributed by atoms with E-state index >= 15 is 0 Å². The van der Waals surface area contributed by atoms with Crippen molar-refractivity contribution in [1.29, 1.82) is 5.41 Å². The lowest BCUT2D eigenvalue weighted by Crippen LogP contribution is -2.35. The molecule has 1 heterocycles. The van der Waals surface area contributed by atoms with Crippen LogP contribution in [0, 0.1) is 11.3 Å². The van der Waals surface area contributed by atoms with Gasteiger partial charge in [-0.15, -0.1) is 0 Å². The van der Waals surface area contributed by atoms with Crippen molar-refractivity contribution in [3.63, 3.8) is 0 Å². The topological polar surface area (TPSA) is 27.1 Å². The van der Waals surface area contributed by atoms with Crippen LogP contribution in [0.15, 0.2) is 30.3 Å². The average molecular weight is 230 g/mol. The molecular weight excluding hydrogens is 208 g/mol. The molecule has 1 aliphatic heterocycles. The van der Waals surface area contributed by atoms with Crippen molar-refractivity contribution >= 4 is 11.9 Å². The van der Waals surface area contributed by atoms with Crippen molar-refractivity contribution in [2.24, 2.45) is 5.92 Å². The molecule has 0 spiro atoms. The zero-order valence-corrected chi connectivity index (χ0v) is 10.4. The van der Waals surface area contributed by atoms with Crippen molar-refractivity contribution in [1.82, 2.24) is 0 Å². The monoisotopic (exact) mass is 230 g/mol. The minimum Gasteiger partial charge on any atom is -0.371 e. The Bertz CT molecular complexity index is 334. The number of nitrogens with zero attached hydrogens (tertiary/aromatic N) is 1. The van der Waals surface area contributed by atoms with Gasteiger partial charge in [0.05, 0.1) is 0 Å². The molecule has 1 unspecified atom stereocenters. The first-order valence-electron chi connectivity index (χ1n) is 6.69. The summed E-state index contributed by atoms with van der Waals surface area (Å²) < 4.78 is 0. The smallest absolute Gasteiger partial charge is 0.0366 e. The second kappa shape index (κ2) is 6.43. The molecule has 0 amide bonds. The maximum absolute atomic E-state index is 7.06. The predicted octanol–water partition coefficient (Wildman–Crippen LogP) is 3.72. The molecule has 1 aromatic rings. The van der Waals surface area contributed by atoms with Gasteiger partial charge >= 0.3 is 0 Å². The van der Waals surface area contributed by atoms with Crippen LogP contribution in [0.25, 0.3) is 0 Å². The Morgan fingerprint density at radius 3 is 2.88 bits per heavy atom. The quantitative estimate of drug-likeness (QED) is 0.605. The van der Waals surface area contributed by atoms with Gasteiger partial charge in [0.2, 0.25) is 0 Å². The summed E-state index contributed by atoms with van der Waals surface area (Å²) in [6.07, 6.45) is 7.61. The fourth-order valence-corrected chi connectivity index (χ4v) is 2.68. The molecule has 0 saturated carbocycles. The summed E-state index contributed by atoms with van der Waals surface area (Å²) in [5.74, 6) is 0.823. The van der Waals surface area contributed by atoms with E-state index in [1.165, 1.54) is 50.7 Å². The maximum atomic E-state index is 7.06. The van der Waals surface area contributed by atoms with Gasteiger partial charge in [0.15, 0.2) is 0 Å². The largest absolute Gasteiger partial charge is 0.371 e. The van der Waals surface area contributed by atoms with Crippen LogP contribution in [0.5, 0.6) is 0 Å². The highest BCUT2D eigenvalue weighted by atomic mass is 15.1. The summed E-state index contributed by atoms with van der Waals surface area (Å²) in [7, 11) is 0. The fraction of sp³-hybridized carbons (Fsp3) is 0.533. The average Bonchev–Trinajstić information content (AvgIpc) is 2.41. The standard InChI is InChI=1S/C15H22N2/c16-11-5-4-7-14-8-6-12-17(13-14)15-9-2-1-3-10-15/h1-3,9-11,14,16H,4-8,12-13H2. The van der Waals surface area contributed by atoms with Crippen LogP contribution >= 0.6 is 0 Å². The van der Waals surface area contributed by atoms with Gasteiger partial charge < -0.3 is 10.3 Å². The lowest BCUT2D eigenvalue weighted by Gasteiger charge is -2.34. The Morgan fingerprint density at radius 1 is 1.29 bits per heavy atom. The summed E-state index contributed by atoms with van der Waals surface area (Å²) in [6, 6.07) is 10.7. The van der Waals surface area contributed by atoms with Gasteiger partial charge in [0.1, 0.15) is 0 Å². The molecule has 0 aliphatic carbocycles. The summed E-state index contributed by atoms with van der Waals surface area (Å²) in [4.78, 5) is 2.51. The van der Waals surface area contributed by atoms with E-state index in [1.54, 1.807) is 0 Å². The molecule has 1 N–H and O–H groups in total. The first kappa shape index (κ1) is 12.2. The molecule has 1 atom stereocenters. The molecular formula is C15H22N2. The maximum Gasteiger partial charge on any atom is 0.0366 e. The van der Waals surface area contributed by atoms with Gasteiger partial charge in [-0.2, -0.15) is 0 Å². The number of unbranched alkanes of at least 4 members (excludes halogenated alkanes) is 1. The van der Waals surface area contributed by atoms with E-state index in [9.17, 15) is 0 Å². The molecule has 0 bridgehead atoms. The summed E-state index contributed by atoms with van der Waals surface area (Å²) >= 11 is 0. The van der Waals surface area contributed by atoms with Crippen LogP contribution in [0.4, 0.5) is 5.69 Å². The highest BCUT2D eigenvalue weighted by Crippen LogP contribution is 2.25. The Kier molecular flexibility index (Phi) is 4.60. The molecule has 1 fully saturated rings. The Hall–Kier alpha value is -1.31. The van der Waals surface area contributed by atoms with Crippen molar-refractivity contribution in [2.75, 3.05) is 18.0 Å². The molecule has 1 saturated heterocycles. The van der Waals surface area contributed by atoms with Gasteiger partial charge in [-0.25, -0.2) is 0 Å². The second-order valence-electron chi connectivity index (χ2n) is 4.92. The number of hydrogen-bond acceptors (Lipinski definition) is 2. The van der Waals surface area contributed by atoms with E-state index in [0.717, 1.165) is 12.3 Å². The van der Waals surface area contributed by atoms with E-state index in [2.05, 4.69) is 35.2 Å². The fourth-order valence-electron chi connectivity index (χ4n) is 2.68. The molecule has 92 valence electrons. The van der Waals surface area contributed by atoms with Gasteiger partial charge in [-0.3, -0.25) is 0 Å². The number of nitrogens with one attached hydrogen (secondary N) is 1. The molecule has 1 aromatic carbocycles. The van der Waals surface area contributed by atoms with Crippen molar-refractivity contribution in [3.05, 3.63) is 30.3 Å². The minimum atomic E-state index is 0.823. The van der Waals surface area contributed by atoms with E-state index in [1.807, 2.05) is 0 Å². The van der Waals surface area contributed by atoms with Gasteiger partial charge in [0.25, 0.3) is 0 Å².